The van der Waals surface area contributed by atoms with E-state index in [2.05, 4.69) is 51.2 Å². The molecule has 1 aromatic rings. The van der Waals surface area contributed by atoms with Crippen LogP contribution >= 0.6 is 0 Å². The molecule has 0 atom stereocenters. The lowest BCUT2D eigenvalue weighted by Crippen LogP contribution is -2.42. The van der Waals surface area contributed by atoms with Gasteiger partial charge in [0, 0.05) is 65.4 Å². The van der Waals surface area contributed by atoms with Gasteiger partial charge in [0.1, 0.15) is 6.54 Å². The quantitative estimate of drug-likeness (QED) is 0.546. The molecule has 0 radical (unpaired) electrons. The fourth-order valence-corrected chi connectivity index (χ4v) is 3.35. The van der Waals surface area contributed by atoms with Crippen LogP contribution in [0.4, 0.5) is 5.69 Å². The number of carbonyl (C=O) groups is 1. The number of aliphatic imine (C=N–C) groups is 1. The van der Waals surface area contributed by atoms with Gasteiger partial charge in [0.2, 0.25) is 5.91 Å². The van der Waals surface area contributed by atoms with E-state index in [1.807, 2.05) is 12.4 Å². The maximum Gasteiger partial charge on any atom is 0.243 e. The van der Waals surface area contributed by atoms with E-state index in [4.69, 9.17) is 0 Å². The molecule has 0 aliphatic carbocycles. The van der Waals surface area contributed by atoms with E-state index in [1.54, 1.807) is 19.0 Å². The van der Waals surface area contributed by atoms with E-state index in [9.17, 15) is 4.79 Å². The third-order valence-electron chi connectivity index (χ3n) is 5.27. The van der Waals surface area contributed by atoms with Crippen molar-refractivity contribution >= 4 is 17.6 Å². The number of hydrogen-bond donors (Lipinski definition) is 1. The standard InChI is InChI=1S/C21H36N6O/c1-5-11-23-21(24-17-20(28)25(2)3)26(4)14-8-18-9-15-27(16-10-18)19-6-12-22-13-7-19/h6-7,12-13,18H,5,8-11,14-17H2,1-4H3,(H,23,24). The molecule has 0 aromatic carbocycles. The zero-order valence-electron chi connectivity index (χ0n) is 17.9. The highest BCUT2D eigenvalue weighted by atomic mass is 16.2. The van der Waals surface area contributed by atoms with E-state index >= 15 is 0 Å². The van der Waals surface area contributed by atoms with Crippen LogP contribution < -0.4 is 10.2 Å². The van der Waals surface area contributed by atoms with Crippen molar-refractivity contribution in [3.05, 3.63) is 24.5 Å². The number of pyridine rings is 1. The van der Waals surface area contributed by atoms with Gasteiger partial charge in [-0.2, -0.15) is 0 Å². The molecule has 1 aliphatic rings. The van der Waals surface area contributed by atoms with Crippen LogP contribution in [-0.2, 0) is 4.79 Å². The fourth-order valence-electron chi connectivity index (χ4n) is 3.35. The summed E-state index contributed by atoms with van der Waals surface area (Å²) in [4.78, 5) is 26.7. The predicted octanol–water partition coefficient (Wildman–Crippen LogP) is 2.06. The summed E-state index contributed by atoms with van der Waals surface area (Å²) in [7, 11) is 5.59. The lowest BCUT2D eigenvalue weighted by atomic mass is 9.93. The maximum absolute atomic E-state index is 11.9. The average Bonchev–Trinajstić information content (AvgIpc) is 2.72. The third kappa shape index (κ3) is 7.02. The predicted molar refractivity (Wildman–Crippen MR) is 116 cm³/mol. The van der Waals surface area contributed by atoms with E-state index in [-0.39, 0.29) is 12.5 Å². The molecule has 1 fully saturated rings. The molecule has 0 spiro atoms. The van der Waals surface area contributed by atoms with Gasteiger partial charge in [-0.05, 0) is 43.7 Å². The number of nitrogens with zero attached hydrogens (tertiary/aromatic N) is 5. The molecule has 7 heteroatoms. The highest BCUT2D eigenvalue weighted by Crippen LogP contribution is 2.24. The minimum absolute atomic E-state index is 0.0210. The first-order valence-electron chi connectivity index (χ1n) is 10.4. The van der Waals surface area contributed by atoms with Crippen LogP contribution in [0.15, 0.2) is 29.5 Å². The molecule has 0 unspecified atom stereocenters. The molecule has 2 heterocycles. The SMILES string of the molecule is CCCNC(=NCC(=O)N(C)C)N(C)CCC1CCN(c2ccncc2)CC1. The minimum Gasteiger partial charge on any atom is -0.371 e. The molecular formula is C21H36N6O. The topological polar surface area (TPSA) is 64.1 Å². The van der Waals surface area contributed by atoms with Gasteiger partial charge < -0.3 is 20.0 Å². The van der Waals surface area contributed by atoms with Crippen molar-refractivity contribution < 1.29 is 4.79 Å². The van der Waals surface area contributed by atoms with Crippen LogP contribution in [0.3, 0.4) is 0 Å². The van der Waals surface area contributed by atoms with Gasteiger partial charge in [0.15, 0.2) is 5.96 Å². The molecular weight excluding hydrogens is 352 g/mol. The fraction of sp³-hybridized carbons (Fsp3) is 0.667. The average molecular weight is 389 g/mol. The Balaban J connectivity index is 1.80. The van der Waals surface area contributed by atoms with Crippen LogP contribution in [0.5, 0.6) is 0 Å². The Morgan fingerprint density at radius 3 is 2.54 bits per heavy atom. The zero-order valence-corrected chi connectivity index (χ0v) is 17.9. The van der Waals surface area contributed by atoms with Gasteiger partial charge in [0.05, 0.1) is 0 Å². The van der Waals surface area contributed by atoms with Crippen LogP contribution in [0.25, 0.3) is 0 Å². The van der Waals surface area contributed by atoms with E-state index in [1.165, 1.54) is 18.5 Å². The summed E-state index contributed by atoms with van der Waals surface area (Å²) in [5.41, 5.74) is 1.27. The van der Waals surface area contributed by atoms with E-state index < -0.39 is 0 Å². The summed E-state index contributed by atoms with van der Waals surface area (Å²) in [6, 6.07) is 4.18. The molecule has 1 aromatic heterocycles. The second-order valence-electron chi connectivity index (χ2n) is 7.70. The van der Waals surface area contributed by atoms with Gasteiger partial charge in [-0.25, -0.2) is 4.99 Å². The van der Waals surface area contributed by atoms with Crippen LogP contribution in [0.1, 0.15) is 32.6 Å². The highest BCUT2D eigenvalue weighted by molar-refractivity contribution is 5.84. The molecule has 1 aliphatic heterocycles. The number of guanidine groups is 1. The minimum atomic E-state index is 0.0210. The van der Waals surface area contributed by atoms with Gasteiger partial charge in [-0.15, -0.1) is 0 Å². The molecule has 156 valence electrons. The molecule has 28 heavy (non-hydrogen) atoms. The Labute approximate surface area is 169 Å². The second-order valence-corrected chi connectivity index (χ2v) is 7.70. The van der Waals surface area contributed by atoms with Gasteiger partial charge >= 0.3 is 0 Å². The maximum atomic E-state index is 11.9. The summed E-state index contributed by atoms with van der Waals surface area (Å²) in [6.07, 6.45) is 8.33. The molecule has 1 saturated heterocycles. The smallest absolute Gasteiger partial charge is 0.243 e. The number of carbonyl (C=O) groups excluding carboxylic acids is 1. The summed E-state index contributed by atoms with van der Waals surface area (Å²) in [5, 5.41) is 3.37. The monoisotopic (exact) mass is 388 g/mol. The summed E-state index contributed by atoms with van der Waals surface area (Å²) >= 11 is 0. The first-order chi connectivity index (χ1) is 13.5. The Kier molecular flexibility index (Phi) is 9.04. The summed E-state index contributed by atoms with van der Waals surface area (Å²) in [5.74, 6) is 1.58. The highest BCUT2D eigenvalue weighted by Gasteiger charge is 2.20. The molecule has 0 saturated carbocycles. The number of amides is 1. The van der Waals surface area contributed by atoms with E-state index in [0.717, 1.165) is 50.9 Å². The Hall–Kier alpha value is -2.31. The second kappa shape index (κ2) is 11.5. The first kappa shape index (κ1) is 22.0. The normalized spacial score (nSPS) is 15.4. The Bertz CT molecular complexity index is 611. The van der Waals surface area contributed by atoms with Crippen molar-refractivity contribution in [2.45, 2.75) is 32.6 Å². The number of rotatable bonds is 8. The van der Waals surface area contributed by atoms with Gasteiger partial charge in [-0.1, -0.05) is 6.92 Å². The number of hydrogen-bond acceptors (Lipinski definition) is 4. The van der Waals surface area contributed by atoms with Crippen molar-refractivity contribution in [1.82, 2.24) is 20.1 Å². The van der Waals surface area contributed by atoms with Crippen LogP contribution in [-0.4, -0.2) is 80.5 Å². The molecule has 1 amide bonds. The van der Waals surface area contributed by atoms with Crippen LogP contribution in [0, 0.1) is 5.92 Å². The van der Waals surface area contributed by atoms with Crippen molar-refractivity contribution in [3.8, 4) is 0 Å². The number of likely N-dealkylation sites (N-methyl/N-ethyl adjacent to an activating group) is 1. The largest absolute Gasteiger partial charge is 0.371 e. The molecule has 1 N–H and O–H groups in total. The number of piperidine rings is 1. The van der Waals surface area contributed by atoms with Crippen molar-refractivity contribution in [3.63, 3.8) is 0 Å². The van der Waals surface area contributed by atoms with Crippen molar-refractivity contribution in [2.75, 3.05) is 58.8 Å². The molecule has 2 rings (SSSR count). The van der Waals surface area contributed by atoms with E-state index in [0.29, 0.717) is 0 Å². The zero-order chi connectivity index (χ0) is 20.4. The van der Waals surface area contributed by atoms with Gasteiger partial charge in [-0.3, -0.25) is 9.78 Å². The number of anilines is 1. The van der Waals surface area contributed by atoms with Crippen molar-refractivity contribution in [1.29, 1.82) is 0 Å². The Morgan fingerprint density at radius 1 is 1.25 bits per heavy atom. The van der Waals surface area contributed by atoms with Crippen LogP contribution in [0.2, 0.25) is 0 Å². The first-order valence-corrected chi connectivity index (χ1v) is 10.4. The van der Waals surface area contributed by atoms with Crippen molar-refractivity contribution in [2.24, 2.45) is 10.9 Å². The lowest BCUT2D eigenvalue weighted by molar-refractivity contribution is -0.127. The number of nitrogens with one attached hydrogen (secondary N) is 1. The summed E-state index contributed by atoms with van der Waals surface area (Å²) < 4.78 is 0. The number of aromatic nitrogens is 1. The van der Waals surface area contributed by atoms with Gasteiger partial charge in [0.25, 0.3) is 0 Å². The summed E-state index contributed by atoms with van der Waals surface area (Å²) in [6.45, 7) is 6.34. The lowest BCUT2D eigenvalue weighted by Gasteiger charge is -2.34. The molecule has 0 bridgehead atoms. The Morgan fingerprint density at radius 2 is 1.93 bits per heavy atom. The third-order valence-corrected chi connectivity index (χ3v) is 5.27. The molecule has 7 nitrogen and oxygen atoms in total.